The molecular formula is C27H24ClF2NO4. The highest BCUT2D eigenvalue weighted by molar-refractivity contribution is 6.30. The SMILES string of the molecule is C[C@@]1(Cc2ccc(Cl)c(F)c2)Cc2cc(CC(=O)N(CC(=O)O)Cc3ccc(F)cc3)ccc2O1. The maximum absolute atomic E-state index is 13.9. The second-order valence-electron chi connectivity index (χ2n) is 9.04. The van der Waals surface area contributed by atoms with E-state index in [2.05, 4.69) is 0 Å². The minimum atomic E-state index is -1.13. The molecule has 182 valence electrons. The van der Waals surface area contributed by atoms with Gasteiger partial charge in [-0.2, -0.15) is 0 Å². The second kappa shape index (κ2) is 10.0. The van der Waals surface area contributed by atoms with Crippen molar-refractivity contribution in [2.24, 2.45) is 0 Å². The van der Waals surface area contributed by atoms with E-state index in [9.17, 15) is 23.5 Å². The van der Waals surface area contributed by atoms with Gasteiger partial charge in [0.05, 0.1) is 11.4 Å². The topological polar surface area (TPSA) is 66.8 Å². The number of benzene rings is 3. The van der Waals surface area contributed by atoms with E-state index in [1.807, 2.05) is 13.0 Å². The first-order valence-corrected chi connectivity index (χ1v) is 11.5. The molecule has 0 saturated heterocycles. The van der Waals surface area contributed by atoms with Gasteiger partial charge in [-0.3, -0.25) is 9.59 Å². The van der Waals surface area contributed by atoms with Crippen LogP contribution in [0.2, 0.25) is 5.02 Å². The normalized spacial score (nSPS) is 16.5. The summed E-state index contributed by atoms with van der Waals surface area (Å²) in [5.41, 5.74) is 2.48. The van der Waals surface area contributed by atoms with Gasteiger partial charge in [0.25, 0.3) is 0 Å². The summed E-state index contributed by atoms with van der Waals surface area (Å²) in [7, 11) is 0. The van der Waals surface area contributed by atoms with E-state index in [1.165, 1.54) is 41.3 Å². The first-order chi connectivity index (χ1) is 16.6. The third-order valence-corrected chi connectivity index (χ3v) is 6.24. The molecule has 4 rings (SSSR count). The minimum Gasteiger partial charge on any atom is -0.487 e. The summed E-state index contributed by atoms with van der Waals surface area (Å²) in [5, 5.41) is 9.33. The van der Waals surface area contributed by atoms with E-state index in [0.29, 0.717) is 24.2 Å². The number of hydrogen-bond acceptors (Lipinski definition) is 3. The van der Waals surface area contributed by atoms with E-state index in [-0.39, 0.29) is 23.9 Å². The molecule has 0 aliphatic carbocycles. The summed E-state index contributed by atoms with van der Waals surface area (Å²) >= 11 is 5.78. The zero-order valence-electron chi connectivity index (χ0n) is 19.1. The van der Waals surface area contributed by atoms with Gasteiger partial charge < -0.3 is 14.7 Å². The Morgan fingerprint density at radius 3 is 2.40 bits per heavy atom. The van der Waals surface area contributed by atoms with Gasteiger partial charge in [-0.05, 0) is 59.5 Å². The molecule has 8 heteroatoms. The van der Waals surface area contributed by atoms with E-state index in [1.54, 1.807) is 18.2 Å². The number of hydrogen-bond donors (Lipinski definition) is 1. The maximum Gasteiger partial charge on any atom is 0.323 e. The lowest BCUT2D eigenvalue weighted by atomic mass is 9.91. The van der Waals surface area contributed by atoms with Crippen molar-refractivity contribution in [2.75, 3.05) is 6.54 Å². The number of carboxylic acid groups (broad SMARTS) is 1. The molecule has 3 aromatic rings. The molecule has 0 unspecified atom stereocenters. The van der Waals surface area contributed by atoms with Crippen LogP contribution in [-0.2, 0) is 35.4 Å². The van der Waals surface area contributed by atoms with Crippen LogP contribution in [0.4, 0.5) is 8.78 Å². The molecule has 5 nitrogen and oxygen atoms in total. The molecule has 1 aliphatic heterocycles. The molecule has 0 spiro atoms. The number of fused-ring (bicyclic) bond motifs is 1. The molecule has 35 heavy (non-hydrogen) atoms. The highest BCUT2D eigenvalue weighted by Crippen LogP contribution is 2.38. The molecule has 1 atom stereocenters. The Morgan fingerprint density at radius 2 is 1.71 bits per heavy atom. The van der Waals surface area contributed by atoms with Gasteiger partial charge in [0.2, 0.25) is 5.91 Å². The van der Waals surface area contributed by atoms with Crippen LogP contribution >= 0.6 is 11.6 Å². The van der Waals surface area contributed by atoms with Gasteiger partial charge in [-0.15, -0.1) is 0 Å². The Bertz CT molecular complexity index is 1260. The van der Waals surface area contributed by atoms with Crippen LogP contribution in [0.3, 0.4) is 0 Å². The van der Waals surface area contributed by atoms with Gasteiger partial charge in [-0.1, -0.05) is 41.9 Å². The number of ether oxygens (including phenoxy) is 1. The predicted octanol–water partition coefficient (Wildman–Crippen LogP) is 5.21. The molecule has 1 amide bonds. The summed E-state index contributed by atoms with van der Waals surface area (Å²) in [6.45, 7) is 1.55. The Labute approximate surface area is 206 Å². The average molecular weight is 500 g/mol. The second-order valence-corrected chi connectivity index (χ2v) is 9.45. The van der Waals surface area contributed by atoms with E-state index in [0.717, 1.165) is 16.7 Å². The maximum atomic E-state index is 13.9. The van der Waals surface area contributed by atoms with Crippen molar-refractivity contribution in [3.8, 4) is 5.75 Å². The molecule has 0 bridgehead atoms. The number of halogens is 3. The lowest BCUT2D eigenvalue weighted by Crippen LogP contribution is -2.36. The number of rotatable bonds is 8. The van der Waals surface area contributed by atoms with Crippen molar-refractivity contribution >= 4 is 23.5 Å². The summed E-state index contributed by atoms with van der Waals surface area (Å²) < 4.78 is 33.2. The minimum absolute atomic E-state index is 0.0147. The van der Waals surface area contributed by atoms with Gasteiger partial charge in [-0.25, -0.2) is 8.78 Å². The third kappa shape index (κ3) is 6.17. The number of aliphatic carboxylic acids is 1. The number of carboxylic acids is 1. The van der Waals surface area contributed by atoms with Crippen LogP contribution in [0, 0.1) is 11.6 Å². The Morgan fingerprint density at radius 1 is 1.03 bits per heavy atom. The highest BCUT2D eigenvalue weighted by atomic mass is 35.5. The molecule has 3 aromatic carbocycles. The van der Waals surface area contributed by atoms with Crippen LogP contribution in [0.5, 0.6) is 5.75 Å². The third-order valence-electron chi connectivity index (χ3n) is 5.93. The predicted molar refractivity (Wildman–Crippen MR) is 127 cm³/mol. The lowest BCUT2D eigenvalue weighted by molar-refractivity contribution is -0.144. The molecule has 0 fully saturated rings. The molecular weight excluding hydrogens is 476 g/mol. The fraction of sp³-hybridized carbons (Fsp3) is 0.259. The van der Waals surface area contributed by atoms with Gasteiger partial charge in [0.1, 0.15) is 29.5 Å². The lowest BCUT2D eigenvalue weighted by Gasteiger charge is -2.24. The van der Waals surface area contributed by atoms with E-state index >= 15 is 0 Å². The Kier molecular flexibility index (Phi) is 7.08. The molecule has 0 aromatic heterocycles. The smallest absolute Gasteiger partial charge is 0.323 e. The van der Waals surface area contributed by atoms with Crippen molar-refractivity contribution in [3.63, 3.8) is 0 Å². The first-order valence-electron chi connectivity index (χ1n) is 11.1. The van der Waals surface area contributed by atoms with E-state index in [4.69, 9.17) is 16.3 Å². The summed E-state index contributed by atoms with van der Waals surface area (Å²) in [6, 6.07) is 15.8. The largest absolute Gasteiger partial charge is 0.487 e. The van der Waals surface area contributed by atoms with Gasteiger partial charge >= 0.3 is 5.97 Å². The average Bonchev–Trinajstić information content (AvgIpc) is 3.12. The zero-order valence-corrected chi connectivity index (χ0v) is 19.8. The summed E-state index contributed by atoms with van der Waals surface area (Å²) in [6.07, 6.45) is 1.07. The summed E-state index contributed by atoms with van der Waals surface area (Å²) in [4.78, 5) is 25.5. The fourth-order valence-corrected chi connectivity index (χ4v) is 4.47. The van der Waals surface area contributed by atoms with Crippen molar-refractivity contribution in [1.29, 1.82) is 0 Å². The molecule has 1 heterocycles. The monoisotopic (exact) mass is 499 g/mol. The van der Waals surface area contributed by atoms with Gasteiger partial charge in [0.15, 0.2) is 0 Å². The molecule has 0 saturated carbocycles. The summed E-state index contributed by atoms with van der Waals surface area (Å²) in [5.74, 6) is -1.66. The molecule has 0 radical (unpaired) electrons. The van der Waals surface area contributed by atoms with Crippen LogP contribution in [0.25, 0.3) is 0 Å². The van der Waals surface area contributed by atoms with Crippen molar-refractivity contribution in [2.45, 2.75) is 38.3 Å². The van der Waals surface area contributed by atoms with Gasteiger partial charge in [0, 0.05) is 19.4 Å². The van der Waals surface area contributed by atoms with Crippen molar-refractivity contribution in [1.82, 2.24) is 4.90 Å². The van der Waals surface area contributed by atoms with Crippen molar-refractivity contribution in [3.05, 3.63) is 99.6 Å². The van der Waals surface area contributed by atoms with Crippen LogP contribution in [0.15, 0.2) is 60.7 Å². The van der Waals surface area contributed by atoms with Crippen LogP contribution in [-0.4, -0.2) is 34.0 Å². The number of carbonyl (C=O) groups excluding carboxylic acids is 1. The highest BCUT2D eigenvalue weighted by Gasteiger charge is 2.35. The number of carbonyl (C=O) groups is 2. The molecule has 1 aliphatic rings. The van der Waals surface area contributed by atoms with Crippen LogP contribution in [0.1, 0.15) is 29.2 Å². The first kappa shape index (κ1) is 24.7. The number of nitrogens with zero attached hydrogens (tertiary/aromatic N) is 1. The Hall–Kier alpha value is -3.45. The standard InChI is InChI=1S/C27H24ClF2NO4/c1-27(13-19-4-8-22(28)23(30)11-19)14-20-10-18(5-9-24(20)35-27)12-25(32)31(16-26(33)34)15-17-2-6-21(29)7-3-17/h2-11H,12-16H2,1H3,(H,33,34)/t27-/m1/s1. The molecule has 1 N–H and O–H groups in total. The Balaban J connectivity index is 1.45. The number of amides is 1. The van der Waals surface area contributed by atoms with Crippen LogP contribution < -0.4 is 4.74 Å². The van der Waals surface area contributed by atoms with E-state index < -0.39 is 29.7 Å². The van der Waals surface area contributed by atoms with Crippen molar-refractivity contribution < 1.29 is 28.2 Å². The quantitative estimate of drug-likeness (QED) is 0.462. The fourth-order valence-electron chi connectivity index (χ4n) is 4.36. The zero-order chi connectivity index (χ0) is 25.2.